The van der Waals surface area contributed by atoms with Gasteiger partial charge in [-0.25, -0.2) is 14.8 Å². The van der Waals surface area contributed by atoms with Crippen molar-refractivity contribution >= 4 is 11.9 Å². The molecule has 1 aromatic heterocycles. The van der Waals surface area contributed by atoms with Crippen LogP contribution in [0, 0.1) is 5.41 Å². The molecule has 0 saturated carbocycles. The summed E-state index contributed by atoms with van der Waals surface area (Å²) in [6, 6.07) is 1.41. The van der Waals surface area contributed by atoms with Gasteiger partial charge < -0.3 is 10.0 Å². The fourth-order valence-electron chi connectivity index (χ4n) is 2.15. The lowest BCUT2D eigenvalue weighted by atomic mass is 9.83. The Balaban J connectivity index is 2.16. The predicted molar refractivity (Wildman–Crippen MR) is 73.4 cm³/mol. The van der Waals surface area contributed by atoms with Crippen LogP contribution >= 0.6 is 0 Å². The molecule has 19 heavy (non-hydrogen) atoms. The first kappa shape index (κ1) is 13.5. The van der Waals surface area contributed by atoms with Gasteiger partial charge >= 0.3 is 5.97 Å². The van der Waals surface area contributed by atoms with E-state index < -0.39 is 5.97 Å². The molecule has 1 aliphatic heterocycles. The van der Waals surface area contributed by atoms with Gasteiger partial charge in [0.05, 0.1) is 0 Å². The normalized spacial score (nSPS) is 16.2. The van der Waals surface area contributed by atoms with Crippen LogP contribution in [0.4, 0.5) is 5.95 Å². The topological polar surface area (TPSA) is 66.3 Å². The number of carboxylic acids is 1. The molecule has 1 aromatic rings. The summed E-state index contributed by atoms with van der Waals surface area (Å²) in [5, 5.41) is 8.94. The zero-order chi connectivity index (χ0) is 14.0. The van der Waals surface area contributed by atoms with Crippen LogP contribution in [0.15, 0.2) is 23.9 Å². The molecule has 0 fully saturated rings. The first-order valence-corrected chi connectivity index (χ1v) is 6.39. The summed E-state index contributed by atoms with van der Waals surface area (Å²) < 4.78 is 0. The monoisotopic (exact) mass is 261 g/mol. The van der Waals surface area contributed by atoms with E-state index in [2.05, 4.69) is 36.8 Å². The van der Waals surface area contributed by atoms with Gasteiger partial charge in [0.25, 0.3) is 0 Å². The van der Waals surface area contributed by atoms with Crippen LogP contribution in [0.5, 0.6) is 0 Å². The highest BCUT2D eigenvalue weighted by Crippen LogP contribution is 2.30. The largest absolute Gasteiger partial charge is 0.477 e. The molecule has 1 aliphatic rings. The van der Waals surface area contributed by atoms with E-state index in [0.717, 1.165) is 19.5 Å². The second kappa shape index (κ2) is 4.99. The van der Waals surface area contributed by atoms with E-state index in [4.69, 9.17) is 5.11 Å². The maximum atomic E-state index is 10.9. The third-order valence-electron chi connectivity index (χ3n) is 3.32. The van der Waals surface area contributed by atoms with Gasteiger partial charge in [-0.3, -0.25) is 0 Å². The molecule has 2 rings (SSSR count). The molecule has 5 nitrogen and oxygen atoms in total. The summed E-state index contributed by atoms with van der Waals surface area (Å²) in [5.74, 6) is -0.532. The van der Waals surface area contributed by atoms with Crippen molar-refractivity contribution in [3.63, 3.8) is 0 Å². The Morgan fingerprint density at radius 1 is 1.42 bits per heavy atom. The standard InChI is InChI=1S/C14H19N3O2/c1-14(2,3)10-5-8-17(9-6-10)13-15-7-4-11(16-13)12(18)19/h4-5,7H,6,8-9H2,1-3H3,(H,18,19). The molecule has 0 atom stereocenters. The van der Waals surface area contributed by atoms with Gasteiger partial charge in [0.2, 0.25) is 5.95 Å². The number of nitrogens with zero attached hydrogens (tertiary/aromatic N) is 3. The van der Waals surface area contributed by atoms with Crippen LogP contribution in [0.1, 0.15) is 37.7 Å². The molecule has 0 spiro atoms. The summed E-state index contributed by atoms with van der Waals surface area (Å²) in [6.07, 6.45) is 4.65. The van der Waals surface area contributed by atoms with Crippen molar-refractivity contribution in [2.45, 2.75) is 27.2 Å². The lowest BCUT2D eigenvalue weighted by molar-refractivity contribution is 0.0690. The number of aromatic nitrogens is 2. The molecule has 0 radical (unpaired) electrons. The Hall–Kier alpha value is -1.91. The van der Waals surface area contributed by atoms with Crippen molar-refractivity contribution in [3.8, 4) is 0 Å². The molecule has 0 aliphatic carbocycles. The molecular weight excluding hydrogens is 242 g/mol. The highest BCUT2D eigenvalue weighted by atomic mass is 16.4. The zero-order valence-electron chi connectivity index (χ0n) is 11.6. The van der Waals surface area contributed by atoms with E-state index >= 15 is 0 Å². The molecule has 0 aromatic carbocycles. The number of rotatable bonds is 2. The van der Waals surface area contributed by atoms with Crippen LogP contribution in [0.2, 0.25) is 0 Å². The number of carboxylic acid groups (broad SMARTS) is 1. The maximum Gasteiger partial charge on any atom is 0.354 e. The van der Waals surface area contributed by atoms with Crippen LogP contribution in [-0.2, 0) is 0 Å². The maximum absolute atomic E-state index is 10.9. The number of aromatic carboxylic acids is 1. The molecular formula is C14H19N3O2. The zero-order valence-corrected chi connectivity index (χ0v) is 11.6. The molecule has 5 heteroatoms. The summed E-state index contributed by atoms with van der Waals surface area (Å²) in [4.78, 5) is 21.1. The third kappa shape index (κ3) is 3.10. The molecule has 1 N–H and O–H groups in total. The highest BCUT2D eigenvalue weighted by molar-refractivity contribution is 5.85. The Bertz CT molecular complexity index is 518. The second-order valence-corrected chi connectivity index (χ2v) is 5.72. The average molecular weight is 261 g/mol. The predicted octanol–water partition coefficient (Wildman–Crippen LogP) is 2.36. The number of carbonyl (C=O) groups is 1. The SMILES string of the molecule is CC(C)(C)C1=CCN(c2nccc(C(=O)O)n2)CC1. The van der Waals surface area contributed by atoms with Crippen LogP contribution in [0.25, 0.3) is 0 Å². The van der Waals surface area contributed by atoms with Crippen molar-refractivity contribution in [1.82, 2.24) is 9.97 Å². The van der Waals surface area contributed by atoms with Gasteiger partial charge in [-0.05, 0) is 17.9 Å². The quantitative estimate of drug-likeness (QED) is 0.828. The van der Waals surface area contributed by atoms with Gasteiger partial charge in [0.1, 0.15) is 0 Å². The average Bonchev–Trinajstić information content (AvgIpc) is 2.38. The smallest absolute Gasteiger partial charge is 0.354 e. The van der Waals surface area contributed by atoms with Gasteiger partial charge in [-0.15, -0.1) is 0 Å². The Morgan fingerprint density at radius 2 is 2.16 bits per heavy atom. The summed E-state index contributed by atoms with van der Waals surface area (Å²) >= 11 is 0. The van der Waals surface area contributed by atoms with Crippen molar-refractivity contribution in [1.29, 1.82) is 0 Å². The van der Waals surface area contributed by atoms with Crippen LogP contribution in [-0.4, -0.2) is 34.1 Å². The molecule has 2 heterocycles. The highest BCUT2D eigenvalue weighted by Gasteiger charge is 2.22. The fraction of sp³-hybridized carbons (Fsp3) is 0.500. The number of hydrogen-bond donors (Lipinski definition) is 1. The van der Waals surface area contributed by atoms with Crippen molar-refractivity contribution in [3.05, 3.63) is 29.6 Å². The first-order valence-electron chi connectivity index (χ1n) is 6.39. The number of anilines is 1. The van der Waals surface area contributed by atoms with E-state index in [9.17, 15) is 4.79 Å². The van der Waals surface area contributed by atoms with Gasteiger partial charge in [-0.2, -0.15) is 0 Å². The van der Waals surface area contributed by atoms with Crippen molar-refractivity contribution < 1.29 is 9.90 Å². The lowest BCUT2D eigenvalue weighted by Crippen LogP contribution is -2.32. The van der Waals surface area contributed by atoms with E-state index in [1.54, 1.807) is 0 Å². The van der Waals surface area contributed by atoms with Crippen LogP contribution in [0.3, 0.4) is 0 Å². The number of hydrogen-bond acceptors (Lipinski definition) is 4. The van der Waals surface area contributed by atoms with Crippen molar-refractivity contribution in [2.24, 2.45) is 5.41 Å². The van der Waals surface area contributed by atoms with Gasteiger partial charge in [0.15, 0.2) is 5.69 Å². The molecule has 0 bridgehead atoms. The minimum atomic E-state index is -1.02. The Labute approximate surface area is 113 Å². The lowest BCUT2D eigenvalue weighted by Gasteiger charge is -2.32. The van der Waals surface area contributed by atoms with E-state index in [1.165, 1.54) is 17.8 Å². The summed E-state index contributed by atoms with van der Waals surface area (Å²) in [5.41, 5.74) is 1.66. The van der Waals surface area contributed by atoms with Gasteiger partial charge in [0, 0.05) is 19.3 Å². The first-order chi connectivity index (χ1) is 8.88. The van der Waals surface area contributed by atoms with Crippen LogP contribution < -0.4 is 4.90 Å². The molecule has 102 valence electrons. The molecule has 0 unspecified atom stereocenters. The Kier molecular flexibility index (Phi) is 3.55. The minimum Gasteiger partial charge on any atom is -0.477 e. The van der Waals surface area contributed by atoms with Crippen molar-refractivity contribution in [2.75, 3.05) is 18.0 Å². The minimum absolute atomic E-state index is 0.0376. The molecule has 0 saturated heterocycles. The van der Waals surface area contributed by atoms with Gasteiger partial charge in [-0.1, -0.05) is 32.4 Å². The summed E-state index contributed by atoms with van der Waals surface area (Å²) in [7, 11) is 0. The Morgan fingerprint density at radius 3 is 2.68 bits per heavy atom. The van der Waals surface area contributed by atoms with E-state index in [-0.39, 0.29) is 11.1 Å². The van der Waals surface area contributed by atoms with E-state index in [0.29, 0.717) is 5.95 Å². The van der Waals surface area contributed by atoms with E-state index in [1.807, 2.05) is 4.90 Å². The third-order valence-corrected chi connectivity index (χ3v) is 3.32. The molecule has 0 amide bonds. The fourth-order valence-corrected chi connectivity index (χ4v) is 2.15. The second-order valence-electron chi connectivity index (χ2n) is 5.72. The summed E-state index contributed by atoms with van der Waals surface area (Å²) in [6.45, 7) is 8.17.